The van der Waals surface area contributed by atoms with Crippen LogP contribution >= 0.6 is 11.6 Å². The summed E-state index contributed by atoms with van der Waals surface area (Å²) in [6, 6.07) is 16.3. The molecule has 2 atom stereocenters. The normalized spacial score (nSPS) is 12.8. The summed E-state index contributed by atoms with van der Waals surface area (Å²) in [5.74, 6) is -0.979. The molecule has 0 aliphatic carbocycles. The number of hydrogen-bond acceptors (Lipinski definition) is 5. The molecule has 3 aromatic rings. The van der Waals surface area contributed by atoms with E-state index in [1.807, 2.05) is 13.8 Å². The highest BCUT2D eigenvalue weighted by Crippen LogP contribution is 2.27. The van der Waals surface area contributed by atoms with Crippen LogP contribution in [0.1, 0.15) is 32.8 Å². The van der Waals surface area contributed by atoms with Crippen molar-refractivity contribution in [2.45, 2.75) is 50.7 Å². The zero-order valence-corrected chi connectivity index (χ0v) is 24.4. The molecule has 0 aromatic heterocycles. The predicted molar refractivity (Wildman–Crippen MR) is 153 cm³/mol. The molecule has 0 fully saturated rings. The molecule has 0 spiro atoms. The van der Waals surface area contributed by atoms with Gasteiger partial charge in [-0.25, -0.2) is 12.8 Å². The van der Waals surface area contributed by atoms with Gasteiger partial charge in [0, 0.05) is 17.6 Å². The zero-order chi connectivity index (χ0) is 29.4. The quantitative estimate of drug-likeness (QED) is 0.320. The van der Waals surface area contributed by atoms with Crippen LogP contribution in [0.5, 0.6) is 5.75 Å². The number of hydrogen-bond donors (Lipinski definition) is 1. The molecule has 0 unspecified atom stereocenters. The molecule has 0 saturated carbocycles. The highest BCUT2D eigenvalue weighted by atomic mass is 35.5. The average Bonchev–Trinajstić information content (AvgIpc) is 2.95. The fraction of sp³-hybridized carbons (Fsp3) is 0.310. The summed E-state index contributed by atoms with van der Waals surface area (Å²) in [5, 5.41) is 3.26. The number of rotatable bonds is 12. The van der Waals surface area contributed by atoms with Crippen molar-refractivity contribution >= 4 is 39.1 Å². The van der Waals surface area contributed by atoms with Crippen molar-refractivity contribution in [1.82, 2.24) is 10.2 Å². The molecule has 2 amide bonds. The third-order valence-corrected chi connectivity index (χ3v) is 8.52. The lowest BCUT2D eigenvalue weighted by Crippen LogP contribution is -2.52. The zero-order valence-electron chi connectivity index (χ0n) is 22.8. The Balaban J connectivity index is 2.01. The van der Waals surface area contributed by atoms with Gasteiger partial charge in [-0.05, 0) is 86.5 Å². The van der Waals surface area contributed by atoms with E-state index in [1.165, 1.54) is 84.8 Å². The highest BCUT2D eigenvalue weighted by molar-refractivity contribution is 7.92. The minimum atomic E-state index is -4.23. The second-order valence-electron chi connectivity index (χ2n) is 9.31. The van der Waals surface area contributed by atoms with Gasteiger partial charge in [-0.3, -0.25) is 13.9 Å². The molecule has 1 N–H and O–H groups in total. The van der Waals surface area contributed by atoms with Gasteiger partial charge >= 0.3 is 0 Å². The van der Waals surface area contributed by atoms with E-state index in [0.29, 0.717) is 22.8 Å². The fourth-order valence-electron chi connectivity index (χ4n) is 3.85. The van der Waals surface area contributed by atoms with Crippen molar-refractivity contribution in [3.8, 4) is 5.75 Å². The number of halogens is 2. The molecule has 11 heteroatoms. The first-order valence-corrected chi connectivity index (χ1v) is 14.5. The van der Waals surface area contributed by atoms with Crippen LogP contribution in [0.25, 0.3) is 0 Å². The summed E-state index contributed by atoms with van der Waals surface area (Å²) in [5.41, 5.74) is 0.793. The van der Waals surface area contributed by atoms with Gasteiger partial charge < -0.3 is 15.0 Å². The van der Waals surface area contributed by atoms with Crippen molar-refractivity contribution in [3.63, 3.8) is 0 Å². The molecule has 0 aliphatic rings. The summed E-state index contributed by atoms with van der Waals surface area (Å²) in [6.07, 6.45) is 0.689. The van der Waals surface area contributed by atoms with Crippen LogP contribution in [0.15, 0.2) is 77.7 Å². The van der Waals surface area contributed by atoms with E-state index in [9.17, 15) is 22.4 Å². The maximum Gasteiger partial charge on any atom is 0.264 e. The first kappa shape index (κ1) is 30.9. The topological polar surface area (TPSA) is 96.0 Å². The Bertz CT molecular complexity index is 1400. The number of carbonyl (C=O) groups excluding carboxylic acids is 2. The Hall–Kier alpha value is -3.63. The Kier molecular flexibility index (Phi) is 10.5. The maximum atomic E-state index is 13.9. The van der Waals surface area contributed by atoms with Crippen molar-refractivity contribution in [1.29, 1.82) is 0 Å². The van der Waals surface area contributed by atoms with Crippen LogP contribution < -0.4 is 14.4 Å². The molecule has 0 radical (unpaired) electrons. The number of ether oxygens (including phenoxy) is 1. The van der Waals surface area contributed by atoms with E-state index in [0.717, 1.165) is 4.31 Å². The van der Waals surface area contributed by atoms with Gasteiger partial charge in [-0.15, -0.1) is 0 Å². The van der Waals surface area contributed by atoms with Gasteiger partial charge in [-0.2, -0.15) is 0 Å². The number of sulfonamides is 1. The third kappa shape index (κ3) is 7.73. The third-order valence-electron chi connectivity index (χ3n) is 6.48. The van der Waals surface area contributed by atoms with Crippen molar-refractivity contribution in [2.75, 3.05) is 18.0 Å². The molecule has 3 rings (SSSR count). The van der Waals surface area contributed by atoms with Crippen molar-refractivity contribution < 1.29 is 27.1 Å². The van der Waals surface area contributed by atoms with Crippen molar-refractivity contribution in [2.24, 2.45) is 0 Å². The molecule has 0 saturated heterocycles. The number of benzene rings is 3. The van der Waals surface area contributed by atoms with Gasteiger partial charge in [0.2, 0.25) is 11.8 Å². The number of anilines is 1. The lowest BCUT2D eigenvalue weighted by atomic mass is 10.1. The van der Waals surface area contributed by atoms with Gasteiger partial charge in [-0.1, -0.05) is 30.7 Å². The first-order chi connectivity index (χ1) is 19.0. The van der Waals surface area contributed by atoms with Crippen molar-refractivity contribution in [3.05, 3.63) is 89.2 Å². The molecule has 0 aliphatic heterocycles. The van der Waals surface area contributed by atoms with Crippen LogP contribution in [0.3, 0.4) is 0 Å². The van der Waals surface area contributed by atoms with Gasteiger partial charge in [0.05, 0.1) is 17.7 Å². The van der Waals surface area contributed by atoms with Gasteiger partial charge in [0.15, 0.2) is 0 Å². The van der Waals surface area contributed by atoms with E-state index < -0.39 is 34.3 Å². The van der Waals surface area contributed by atoms with Crippen LogP contribution in [0.2, 0.25) is 5.02 Å². The van der Waals surface area contributed by atoms with Gasteiger partial charge in [0.1, 0.15) is 24.2 Å². The van der Waals surface area contributed by atoms with E-state index in [2.05, 4.69) is 5.32 Å². The first-order valence-electron chi connectivity index (χ1n) is 12.7. The molecule has 3 aromatic carbocycles. The second kappa shape index (κ2) is 13.6. The van der Waals surface area contributed by atoms with Crippen LogP contribution in [0.4, 0.5) is 10.1 Å². The number of carbonyl (C=O) groups is 2. The lowest BCUT2D eigenvalue weighted by molar-refractivity contribution is -0.139. The molecular weight excluding hydrogens is 557 g/mol. The summed E-state index contributed by atoms with van der Waals surface area (Å²) < 4.78 is 47.3. The van der Waals surface area contributed by atoms with E-state index in [-0.39, 0.29) is 29.1 Å². The smallest absolute Gasteiger partial charge is 0.264 e. The number of methoxy groups -OCH3 is 1. The Morgan fingerprint density at radius 1 is 0.975 bits per heavy atom. The summed E-state index contributed by atoms with van der Waals surface area (Å²) in [4.78, 5) is 28.2. The molecule has 40 heavy (non-hydrogen) atoms. The van der Waals surface area contributed by atoms with Crippen LogP contribution in [-0.4, -0.2) is 50.9 Å². The standard InChI is InChI=1S/C29H33ClFN3O5S/c1-5-20(2)32-29(36)21(3)33(18-22-6-10-24(31)11-7-22)28(35)19-34(25-12-8-23(30)9-13-25)40(37,38)27-16-14-26(39-4)15-17-27/h6-17,20-21H,5,18-19H2,1-4H3,(H,32,36)/t20-,21-/m0/s1. The fourth-order valence-corrected chi connectivity index (χ4v) is 5.39. The maximum absolute atomic E-state index is 13.9. The summed E-state index contributed by atoms with van der Waals surface area (Å²) in [7, 11) is -2.76. The molecule has 0 heterocycles. The molecule has 214 valence electrons. The minimum Gasteiger partial charge on any atom is -0.497 e. The Morgan fingerprint density at radius 3 is 2.12 bits per heavy atom. The largest absolute Gasteiger partial charge is 0.497 e. The predicted octanol–water partition coefficient (Wildman–Crippen LogP) is 5.02. The van der Waals surface area contributed by atoms with Gasteiger partial charge in [0.25, 0.3) is 10.0 Å². The van der Waals surface area contributed by atoms with E-state index >= 15 is 0 Å². The number of nitrogens with zero attached hydrogens (tertiary/aromatic N) is 2. The lowest BCUT2D eigenvalue weighted by Gasteiger charge is -2.32. The summed E-state index contributed by atoms with van der Waals surface area (Å²) in [6.45, 7) is 4.71. The molecule has 8 nitrogen and oxygen atoms in total. The van der Waals surface area contributed by atoms with E-state index in [4.69, 9.17) is 16.3 Å². The monoisotopic (exact) mass is 589 g/mol. The Labute approximate surface area is 239 Å². The molecular formula is C29H33ClFN3O5S. The Morgan fingerprint density at radius 2 is 1.57 bits per heavy atom. The highest BCUT2D eigenvalue weighted by Gasteiger charge is 2.32. The van der Waals surface area contributed by atoms with Crippen LogP contribution in [0, 0.1) is 5.82 Å². The van der Waals surface area contributed by atoms with Crippen LogP contribution in [-0.2, 0) is 26.2 Å². The number of amides is 2. The SMILES string of the molecule is CC[C@H](C)NC(=O)[C@H](C)N(Cc1ccc(F)cc1)C(=O)CN(c1ccc(Cl)cc1)S(=O)(=O)c1ccc(OC)cc1. The summed E-state index contributed by atoms with van der Waals surface area (Å²) >= 11 is 6.04. The van der Waals surface area contributed by atoms with E-state index in [1.54, 1.807) is 6.92 Å². The minimum absolute atomic E-state index is 0.0365. The number of nitrogens with one attached hydrogen (secondary N) is 1. The second-order valence-corrected chi connectivity index (χ2v) is 11.6. The molecule has 0 bridgehead atoms. The average molecular weight is 590 g/mol.